The van der Waals surface area contributed by atoms with E-state index in [1.54, 1.807) is 6.92 Å². The van der Waals surface area contributed by atoms with Crippen molar-refractivity contribution in [3.63, 3.8) is 0 Å². The number of benzene rings is 3. The van der Waals surface area contributed by atoms with Crippen LogP contribution >= 0.6 is 19.9 Å². The molecule has 256 valence electrons. The van der Waals surface area contributed by atoms with Gasteiger partial charge in [-0.25, -0.2) is 4.79 Å². The Morgan fingerprint density at radius 3 is 1.67 bits per heavy atom. The van der Waals surface area contributed by atoms with Gasteiger partial charge in [0, 0.05) is 25.0 Å². The number of rotatable bonds is 20. The Morgan fingerprint density at radius 2 is 1.19 bits per heavy atom. The fourth-order valence-corrected chi connectivity index (χ4v) is 10.3. The maximum atomic E-state index is 13.0. The molecule has 2 amide bonds. The normalized spacial score (nSPS) is 12.3. The van der Waals surface area contributed by atoms with Gasteiger partial charge in [-0.3, -0.25) is 19.2 Å². The van der Waals surface area contributed by atoms with Gasteiger partial charge < -0.3 is 20.1 Å². The SMILES string of the molecule is CCOC(=O)CCC(=O)C(CS)NC(=O)CCC(NC(=O)CCCC[P+](c1ccccc1)(c1ccccc1)c1ccccc1)C(=O)OC. The zero-order valence-electron chi connectivity index (χ0n) is 27.6. The van der Waals surface area contributed by atoms with E-state index in [2.05, 4.69) is 96.1 Å². The molecule has 0 saturated heterocycles. The highest BCUT2D eigenvalue weighted by Gasteiger charge is 2.44. The predicted molar refractivity (Wildman–Crippen MR) is 194 cm³/mol. The number of thiol groups is 1. The molecule has 3 aromatic carbocycles. The average molecular weight is 694 g/mol. The summed E-state index contributed by atoms with van der Waals surface area (Å²) >= 11 is 4.16. The summed E-state index contributed by atoms with van der Waals surface area (Å²) in [5.41, 5.74) is 0. The van der Waals surface area contributed by atoms with Crippen LogP contribution in [-0.4, -0.2) is 67.3 Å². The van der Waals surface area contributed by atoms with Crippen LogP contribution in [0, 0.1) is 0 Å². The number of carbonyl (C=O) groups is 5. The number of unbranched alkanes of at least 4 members (excludes halogenated alkanes) is 1. The molecule has 0 aliphatic heterocycles. The third-order valence-electron chi connectivity index (χ3n) is 8.01. The maximum absolute atomic E-state index is 13.0. The van der Waals surface area contributed by atoms with E-state index in [4.69, 9.17) is 9.47 Å². The van der Waals surface area contributed by atoms with Gasteiger partial charge in [-0.15, -0.1) is 0 Å². The second-order valence-corrected chi connectivity index (χ2v) is 15.2. The average Bonchev–Trinajstić information content (AvgIpc) is 3.12. The highest BCUT2D eigenvalue weighted by molar-refractivity contribution is 7.95. The van der Waals surface area contributed by atoms with E-state index in [1.807, 2.05) is 18.2 Å². The minimum atomic E-state index is -2.02. The van der Waals surface area contributed by atoms with E-state index in [0.29, 0.717) is 6.42 Å². The number of ketones is 1. The third kappa shape index (κ3) is 11.3. The molecule has 0 bridgehead atoms. The van der Waals surface area contributed by atoms with Crippen LogP contribution in [0.25, 0.3) is 0 Å². The molecule has 2 atom stereocenters. The maximum Gasteiger partial charge on any atom is 0.328 e. The number of Topliss-reactive ketones (excluding diaryl/α,β-unsaturated/α-hetero) is 1. The standard InChI is InChI=1S/C37H45N2O7PS/c1-3-46-36(43)25-23-33(40)32(27-48)39-35(42)24-22-31(37(44)45-2)38-34(41)21-13-14-26-47(28-15-7-4-8-16-28,29-17-9-5-10-18-29)30-19-11-6-12-20-30/h4-12,15-20,31-32H,3,13-14,21-27H2,1-2H3,(H2-,38,39,41,42,48)/p+1. The molecule has 0 aliphatic carbocycles. The fourth-order valence-electron chi connectivity index (χ4n) is 5.58. The topological polar surface area (TPSA) is 128 Å². The zero-order valence-corrected chi connectivity index (χ0v) is 29.4. The number of ether oxygens (including phenoxy) is 2. The lowest BCUT2D eigenvalue weighted by atomic mass is 10.1. The van der Waals surface area contributed by atoms with Crippen molar-refractivity contribution in [2.75, 3.05) is 25.6 Å². The van der Waals surface area contributed by atoms with Gasteiger partial charge in [0.2, 0.25) is 11.8 Å². The summed E-state index contributed by atoms with van der Waals surface area (Å²) in [6.45, 7) is 1.90. The van der Waals surface area contributed by atoms with E-state index in [9.17, 15) is 24.0 Å². The Kier molecular flexibility index (Phi) is 16.3. The van der Waals surface area contributed by atoms with Crippen molar-refractivity contribution >= 4 is 65.3 Å². The molecule has 0 fully saturated rings. The first-order valence-electron chi connectivity index (χ1n) is 16.3. The molecular formula is C37H46N2O7PS+. The molecule has 0 aromatic heterocycles. The lowest BCUT2D eigenvalue weighted by molar-refractivity contribution is -0.145. The van der Waals surface area contributed by atoms with Crippen LogP contribution in [0.2, 0.25) is 0 Å². The zero-order chi connectivity index (χ0) is 34.8. The number of carbonyl (C=O) groups excluding carboxylic acids is 5. The Morgan fingerprint density at radius 1 is 0.688 bits per heavy atom. The quantitative estimate of drug-likeness (QED) is 0.0709. The van der Waals surface area contributed by atoms with Crippen LogP contribution < -0.4 is 26.5 Å². The smallest absolute Gasteiger partial charge is 0.328 e. The number of amides is 2. The Hall–Kier alpha value is -4.01. The highest BCUT2D eigenvalue weighted by atomic mass is 32.1. The molecule has 0 saturated carbocycles. The summed E-state index contributed by atoms with van der Waals surface area (Å²) in [7, 11) is -0.797. The van der Waals surface area contributed by atoms with E-state index in [0.717, 1.165) is 12.6 Å². The molecule has 3 aromatic rings. The van der Waals surface area contributed by atoms with E-state index in [1.165, 1.54) is 23.0 Å². The molecule has 9 nitrogen and oxygen atoms in total. The Labute approximate surface area is 289 Å². The summed E-state index contributed by atoms with van der Waals surface area (Å²) in [6, 6.07) is 29.7. The molecule has 0 heterocycles. The molecular weight excluding hydrogens is 647 g/mol. The summed E-state index contributed by atoms with van der Waals surface area (Å²) in [4.78, 5) is 62.3. The number of hydrogen-bond acceptors (Lipinski definition) is 8. The molecule has 2 unspecified atom stereocenters. The largest absolute Gasteiger partial charge is 0.467 e. The van der Waals surface area contributed by atoms with Gasteiger partial charge in [-0.05, 0) is 62.6 Å². The molecule has 0 aliphatic rings. The third-order valence-corrected chi connectivity index (χ3v) is 12.9. The van der Waals surface area contributed by atoms with Crippen molar-refractivity contribution in [2.24, 2.45) is 0 Å². The second-order valence-electron chi connectivity index (χ2n) is 11.3. The Bertz CT molecular complexity index is 1380. The number of esters is 2. The lowest BCUT2D eigenvalue weighted by Gasteiger charge is -2.27. The summed E-state index contributed by atoms with van der Waals surface area (Å²) in [5.74, 6) is -2.23. The van der Waals surface area contributed by atoms with E-state index in [-0.39, 0.29) is 56.2 Å². The fraction of sp³-hybridized carbons (Fsp3) is 0.378. The first-order chi connectivity index (χ1) is 23.2. The first kappa shape index (κ1) is 38.4. The highest BCUT2D eigenvalue weighted by Crippen LogP contribution is 2.55. The monoisotopic (exact) mass is 693 g/mol. The molecule has 11 heteroatoms. The molecule has 0 radical (unpaired) electrons. The molecule has 3 rings (SSSR count). The second kappa shape index (κ2) is 20.4. The van der Waals surface area contributed by atoms with Gasteiger partial charge in [-0.1, -0.05) is 54.6 Å². The van der Waals surface area contributed by atoms with Crippen molar-refractivity contribution in [1.82, 2.24) is 10.6 Å². The molecule has 2 N–H and O–H groups in total. The van der Waals surface area contributed by atoms with Gasteiger partial charge >= 0.3 is 11.9 Å². The summed E-state index contributed by atoms with van der Waals surface area (Å²) in [6.07, 6.45) is 2.14. The minimum Gasteiger partial charge on any atom is -0.467 e. The number of hydrogen-bond donors (Lipinski definition) is 3. The molecule has 48 heavy (non-hydrogen) atoms. The van der Waals surface area contributed by atoms with Crippen molar-refractivity contribution in [3.05, 3.63) is 91.0 Å². The van der Waals surface area contributed by atoms with Gasteiger partial charge in [0.05, 0.1) is 32.3 Å². The summed E-state index contributed by atoms with van der Waals surface area (Å²) < 4.78 is 9.73. The van der Waals surface area contributed by atoms with Crippen molar-refractivity contribution < 1.29 is 33.4 Å². The van der Waals surface area contributed by atoms with Crippen molar-refractivity contribution in [3.8, 4) is 0 Å². The van der Waals surface area contributed by atoms with Crippen LogP contribution in [-0.2, 0) is 33.4 Å². The van der Waals surface area contributed by atoms with Crippen LogP contribution in [0.3, 0.4) is 0 Å². The summed E-state index contributed by atoms with van der Waals surface area (Å²) in [5, 5.41) is 9.16. The van der Waals surface area contributed by atoms with Gasteiger partial charge in [0.15, 0.2) is 5.78 Å². The van der Waals surface area contributed by atoms with Gasteiger partial charge in [0.1, 0.15) is 29.2 Å². The molecule has 0 spiro atoms. The van der Waals surface area contributed by atoms with Crippen LogP contribution in [0.5, 0.6) is 0 Å². The van der Waals surface area contributed by atoms with Gasteiger partial charge in [0.25, 0.3) is 0 Å². The number of methoxy groups -OCH3 is 1. The first-order valence-corrected chi connectivity index (χ1v) is 18.9. The van der Waals surface area contributed by atoms with Gasteiger partial charge in [-0.2, -0.15) is 12.6 Å². The van der Waals surface area contributed by atoms with Crippen LogP contribution in [0.1, 0.15) is 51.9 Å². The Balaban J connectivity index is 1.60. The van der Waals surface area contributed by atoms with E-state index < -0.39 is 37.2 Å². The lowest BCUT2D eigenvalue weighted by Crippen LogP contribution is -2.45. The van der Waals surface area contributed by atoms with Crippen molar-refractivity contribution in [2.45, 2.75) is 64.0 Å². The predicted octanol–water partition coefficient (Wildman–Crippen LogP) is 3.92. The van der Waals surface area contributed by atoms with Crippen LogP contribution in [0.15, 0.2) is 91.0 Å². The minimum absolute atomic E-state index is 0.00871. The number of nitrogens with one attached hydrogen (secondary N) is 2. The van der Waals surface area contributed by atoms with Crippen molar-refractivity contribution in [1.29, 1.82) is 0 Å². The van der Waals surface area contributed by atoms with E-state index >= 15 is 0 Å². The van der Waals surface area contributed by atoms with Crippen LogP contribution in [0.4, 0.5) is 0 Å².